The van der Waals surface area contributed by atoms with Crippen molar-refractivity contribution in [1.82, 2.24) is 9.62 Å². The van der Waals surface area contributed by atoms with Gasteiger partial charge in [0, 0.05) is 19.1 Å². The van der Waals surface area contributed by atoms with Gasteiger partial charge in [-0.1, -0.05) is 13.3 Å². The number of unbranched alkanes of at least 4 members (excludes halogenated alkanes) is 1. The molecule has 1 aliphatic heterocycles. The molecule has 4 nitrogen and oxygen atoms in total. The molecule has 96 valence electrons. The molecular formula is C11H24N2O2S. The first-order chi connectivity index (χ1) is 7.60. The van der Waals surface area contributed by atoms with Crippen molar-refractivity contribution in [3.8, 4) is 0 Å². The lowest BCUT2D eigenvalue weighted by Crippen LogP contribution is -2.45. The molecule has 1 heterocycles. The van der Waals surface area contributed by atoms with Gasteiger partial charge in [-0.3, -0.25) is 0 Å². The number of nitrogens with zero attached hydrogens (tertiary/aromatic N) is 1. The van der Waals surface area contributed by atoms with E-state index in [2.05, 4.69) is 12.2 Å². The number of piperidine rings is 1. The highest BCUT2D eigenvalue weighted by atomic mass is 32.2. The average Bonchev–Trinajstić information content (AvgIpc) is 2.30. The van der Waals surface area contributed by atoms with Gasteiger partial charge in [-0.15, -0.1) is 0 Å². The largest absolute Gasteiger partial charge is 0.314 e. The molecule has 0 amide bonds. The minimum Gasteiger partial charge on any atom is -0.314 e. The number of hydrogen-bond acceptors (Lipinski definition) is 3. The molecule has 1 saturated heterocycles. The first-order valence-electron chi connectivity index (χ1n) is 6.31. The fourth-order valence-electron chi connectivity index (χ4n) is 2.00. The van der Waals surface area contributed by atoms with Gasteiger partial charge in [0.15, 0.2) is 0 Å². The minimum absolute atomic E-state index is 0.223. The Balaban J connectivity index is 2.29. The van der Waals surface area contributed by atoms with Gasteiger partial charge >= 0.3 is 0 Å². The molecule has 0 aromatic rings. The van der Waals surface area contributed by atoms with Crippen LogP contribution in [0.4, 0.5) is 0 Å². The normalized spacial score (nSPS) is 20.1. The van der Waals surface area contributed by atoms with Crippen LogP contribution in [0.2, 0.25) is 0 Å². The van der Waals surface area contributed by atoms with E-state index >= 15 is 0 Å². The van der Waals surface area contributed by atoms with Crippen LogP contribution in [0.1, 0.15) is 39.5 Å². The monoisotopic (exact) mass is 248 g/mol. The molecule has 1 fully saturated rings. The summed E-state index contributed by atoms with van der Waals surface area (Å²) in [7, 11) is -2.96. The van der Waals surface area contributed by atoms with E-state index in [0.29, 0.717) is 19.1 Å². The maximum atomic E-state index is 11.6. The van der Waals surface area contributed by atoms with Crippen LogP contribution in [0, 0.1) is 0 Å². The van der Waals surface area contributed by atoms with Crippen molar-refractivity contribution in [3.63, 3.8) is 0 Å². The van der Waals surface area contributed by atoms with E-state index in [4.69, 9.17) is 0 Å². The molecule has 0 aliphatic carbocycles. The Bertz CT molecular complexity index is 282. The van der Waals surface area contributed by atoms with E-state index in [1.54, 1.807) is 11.2 Å². The molecule has 0 unspecified atom stereocenters. The first-order valence-corrected chi connectivity index (χ1v) is 7.92. The lowest BCUT2D eigenvalue weighted by Gasteiger charge is -2.31. The molecule has 5 heteroatoms. The molecule has 1 aliphatic rings. The molecule has 0 aromatic carbocycles. The highest BCUT2D eigenvalue weighted by Crippen LogP contribution is 2.14. The zero-order valence-electron chi connectivity index (χ0n) is 10.4. The van der Waals surface area contributed by atoms with Crippen LogP contribution < -0.4 is 5.32 Å². The predicted octanol–water partition coefficient (Wildman–Crippen LogP) is 1.19. The molecule has 0 aromatic heterocycles. The predicted molar refractivity (Wildman–Crippen MR) is 67.0 cm³/mol. The zero-order valence-corrected chi connectivity index (χ0v) is 11.2. The SMILES string of the molecule is CCCCNC1CCN(S(=O)(=O)CC)CC1. The van der Waals surface area contributed by atoms with Gasteiger partial charge in [0.1, 0.15) is 0 Å². The van der Waals surface area contributed by atoms with Gasteiger partial charge < -0.3 is 5.32 Å². The quantitative estimate of drug-likeness (QED) is 0.718. The molecule has 0 bridgehead atoms. The van der Waals surface area contributed by atoms with Crippen LogP contribution in [0.15, 0.2) is 0 Å². The van der Waals surface area contributed by atoms with Crippen molar-refractivity contribution < 1.29 is 8.42 Å². The van der Waals surface area contributed by atoms with Crippen LogP contribution in [0.3, 0.4) is 0 Å². The smallest absolute Gasteiger partial charge is 0.213 e. The summed E-state index contributed by atoms with van der Waals surface area (Å²) in [5.41, 5.74) is 0. The lowest BCUT2D eigenvalue weighted by molar-refractivity contribution is 0.289. The Morgan fingerprint density at radius 3 is 2.38 bits per heavy atom. The number of hydrogen-bond donors (Lipinski definition) is 1. The molecule has 0 spiro atoms. The summed E-state index contributed by atoms with van der Waals surface area (Å²) in [4.78, 5) is 0. The number of rotatable bonds is 6. The molecule has 16 heavy (non-hydrogen) atoms. The second-order valence-corrected chi connectivity index (χ2v) is 6.64. The Morgan fingerprint density at radius 1 is 1.25 bits per heavy atom. The molecule has 0 saturated carbocycles. The van der Waals surface area contributed by atoms with Gasteiger partial charge in [-0.25, -0.2) is 12.7 Å². The van der Waals surface area contributed by atoms with Crippen LogP contribution in [0.5, 0.6) is 0 Å². The number of sulfonamides is 1. The molecule has 0 radical (unpaired) electrons. The Morgan fingerprint density at radius 2 is 1.88 bits per heavy atom. The fourth-order valence-corrected chi connectivity index (χ4v) is 3.14. The summed E-state index contributed by atoms with van der Waals surface area (Å²) < 4.78 is 24.9. The van der Waals surface area contributed by atoms with Crippen molar-refractivity contribution in [2.24, 2.45) is 0 Å². The van der Waals surface area contributed by atoms with E-state index < -0.39 is 10.0 Å². The average molecular weight is 248 g/mol. The summed E-state index contributed by atoms with van der Waals surface area (Å²) in [6.45, 7) is 6.31. The van der Waals surface area contributed by atoms with Crippen molar-refractivity contribution in [2.45, 2.75) is 45.6 Å². The number of nitrogens with one attached hydrogen (secondary N) is 1. The third-order valence-corrected chi connectivity index (χ3v) is 5.06. The van der Waals surface area contributed by atoms with E-state index in [0.717, 1.165) is 19.4 Å². The lowest BCUT2D eigenvalue weighted by atomic mass is 10.1. The van der Waals surface area contributed by atoms with Gasteiger partial charge in [0.2, 0.25) is 10.0 Å². The van der Waals surface area contributed by atoms with Crippen LogP contribution in [-0.4, -0.2) is 44.2 Å². The van der Waals surface area contributed by atoms with Gasteiger partial charge in [-0.2, -0.15) is 0 Å². The van der Waals surface area contributed by atoms with Gasteiger partial charge in [0.25, 0.3) is 0 Å². The highest BCUT2D eigenvalue weighted by molar-refractivity contribution is 7.89. The highest BCUT2D eigenvalue weighted by Gasteiger charge is 2.25. The van der Waals surface area contributed by atoms with Crippen molar-refractivity contribution in [1.29, 1.82) is 0 Å². The maximum absolute atomic E-state index is 11.6. The minimum atomic E-state index is -2.96. The van der Waals surface area contributed by atoms with E-state index in [1.807, 2.05) is 0 Å². The van der Waals surface area contributed by atoms with Crippen molar-refractivity contribution in [3.05, 3.63) is 0 Å². The van der Waals surface area contributed by atoms with Crippen LogP contribution in [-0.2, 0) is 10.0 Å². The van der Waals surface area contributed by atoms with Crippen LogP contribution >= 0.6 is 0 Å². The Kier molecular flexibility index (Phi) is 5.72. The van der Waals surface area contributed by atoms with E-state index in [-0.39, 0.29) is 5.75 Å². The Labute approximate surface area is 99.5 Å². The molecule has 1 N–H and O–H groups in total. The second kappa shape index (κ2) is 6.57. The standard InChI is InChI=1S/C11H24N2O2S/c1-3-5-8-12-11-6-9-13(10-7-11)16(14,15)4-2/h11-12H,3-10H2,1-2H3. The molecule has 0 atom stereocenters. The van der Waals surface area contributed by atoms with E-state index in [9.17, 15) is 8.42 Å². The molecule has 1 rings (SSSR count). The third-order valence-electron chi connectivity index (χ3n) is 3.18. The Hall–Kier alpha value is -0.130. The fraction of sp³-hybridized carbons (Fsp3) is 1.00. The summed E-state index contributed by atoms with van der Waals surface area (Å²) >= 11 is 0. The van der Waals surface area contributed by atoms with Crippen molar-refractivity contribution >= 4 is 10.0 Å². The van der Waals surface area contributed by atoms with E-state index in [1.165, 1.54) is 12.8 Å². The molecular weight excluding hydrogens is 224 g/mol. The summed E-state index contributed by atoms with van der Waals surface area (Å²) in [6, 6.07) is 0.509. The van der Waals surface area contributed by atoms with Gasteiger partial charge in [0.05, 0.1) is 5.75 Å². The summed E-state index contributed by atoms with van der Waals surface area (Å²) in [6.07, 6.45) is 4.30. The van der Waals surface area contributed by atoms with Gasteiger partial charge in [-0.05, 0) is 32.7 Å². The zero-order chi connectivity index (χ0) is 12.0. The van der Waals surface area contributed by atoms with Crippen molar-refractivity contribution in [2.75, 3.05) is 25.4 Å². The third kappa shape index (κ3) is 4.03. The first kappa shape index (κ1) is 13.9. The summed E-state index contributed by atoms with van der Waals surface area (Å²) in [5.74, 6) is 0.223. The summed E-state index contributed by atoms with van der Waals surface area (Å²) in [5, 5.41) is 3.49. The topological polar surface area (TPSA) is 49.4 Å². The van der Waals surface area contributed by atoms with Crippen LogP contribution in [0.25, 0.3) is 0 Å². The second-order valence-electron chi connectivity index (χ2n) is 4.38. The maximum Gasteiger partial charge on any atom is 0.213 e.